The van der Waals surface area contributed by atoms with E-state index in [1.54, 1.807) is 12.1 Å². The zero-order chi connectivity index (χ0) is 30.8. The van der Waals surface area contributed by atoms with E-state index < -0.39 is 59.9 Å². The summed E-state index contributed by atoms with van der Waals surface area (Å²) in [7, 11) is 1.41. The van der Waals surface area contributed by atoms with Crippen LogP contribution >= 0.6 is 0 Å². The Kier molecular flexibility index (Phi) is 9.69. The molecule has 0 bridgehead atoms. The Hall–Kier alpha value is -3.25. The van der Waals surface area contributed by atoms with Gasteiger partial charge < -0.3 is 15.2 Å². The van der Waals surface area contributed by atoms with Gasteiger partial charge in [-0.1, -0.05) is 32.0 Å². The van der Waals surface area contributed by atoms with Crippen LogP contribution in [0.5, 0.6) is 5.75 Å². The second kappa shape index (κ2) is 12.3. The Morgan fingerprint density at radius 1 is 0.756 bits per heavy atom. The molecule has 0 saturated carbocycles. The second-order valence-corrected chi connectivity index (χ2v) is 9.81. The van der Waals surface area contributed by atoms with Gasteiger partial charge in [0.05, 0.1) is 24.3 Å². The number of rotatable bonds is 10. The van der Waals surface area contributed by atoms with E-state index in [9.17, 15) is 44.6 Å². The summed E-state index contributed by atoms with van der Waals surface area (Å²) >= 11 is 0. The van der Waals surface area contributed by atoms with Crippen LogP contribution in [0.3, 0.4) is 0 Å². The maximum atomic E-state index is 14.2. The SMILES string of the molecule is COc1ccc(C(C)C)cc1-c1ccc(C(F)(F)CF)cc1CNCC(O)c1cc(C(F)(F)F)cc(C(F)(F)F)c1. The number of aliphatic hydroxyl groups is 1. The van der Waals surface area contributed by atoms with Crippen molar-refractivity contribution in [3.8, 4) is 16.9 Å². The molecule has 3 aromatic carbocycles. The lowest BCUT2D eigenvalue weighted by Gasteiger charge is -2.21. The molecule has 0 amide bonds. The van der Waals surface area contributed by atoms with Crippen LogP contribution in [0.1, 0.15) is 59.3 Å². The molecule has 3 aromatic rings. The summed E-state index contributed by atoms with van der Waals surface area (Å²) in [5, 5.41) is 13.2. The van der Waals surface area contributed by atoms with E-state index in [0.29, 0.717) is 29.0 Å². The molecular weight excluding hydrogens is 565 g/mol. The molecule has 0 saturated heterocycles. The molecule has 0 aromatic heterocycles. The van der Waals surface area contributed by atoms with Gasteiger partial charge in [0.1, 0.15) is 5.75 Å². The lowest BCUT2D eigenvalue weighted by molar-refractivity contribution is -0.143. The first-order valence-corrected chi connectivity index (χ1v) is 12.4. The summed E-state index contributed by atoms with van der Waals surface area (Å²) in [6, 6.07) is 9.58. The number of hydrogen-bond acceptors (Lipinski definition) is 3. The fourth-order valence-corrected chi connectivity index (χ4v) is 4.24. The molecule has 0 heterocycles. The van der Waals surface area contributed by atoms with Gasteiger partial charge in [-0.3, -0.25) is 0 Å². The van der Waals surface area contributed by atoms with Gasteiger partial charge in [-0.05, 0) is 64.6 Å². The van der Waals surface area contributed by atoms with Crippen molar-refractivity contribution in [2.45, 2.75) is 50.7 Å². The second-order valence-electron chi connectivity index (χ2n) is 9.81. The molecule has 3 nitrogen and oxygen atoms in total. The quantitative estimate of drug-likeness (QED) is 0.232. The van der Waals surface area contributed by atoms with Gasteiger partial charge in [-0.25, -0.2) is 4.39 Å². The predicted molar refractivity (Wildman–Crippen MR) is 136 cm³/mol. The van der Waals surface area contributed by atoms with Crippen LogP contribution in [0.15, 0.2) is 54.6 Å². The molecule has 2 N–H and O–H groups in total. The first-order valence-electron chi connectivity index (χ1n) is 12.4. The van der Waals surface area contributed by atoms with Crippen LogP contribution in [0.25, 0.3) is 11.1 Å². The molecule has 1 unspecified atom stereocenters. The number of nitrogens with one attached hydrogen (secondary N) is 1. The van der Waals surface area contributed by atoms with E-state index >= 15 is 0 Å². The average Bonchev–Trinajstić information content (AvgIpc) is 2.91. The number of benzene rings is 3. The smallest absolute Gasteiger partial charge is 0.416 e. The summed E-state index contributed by atoms with van der Waals surface area (Å²) in [4.78, 5) is 0. The fourth-order valence-electron chi connectivity index (χ4n) is 4.24. The minimum absolute atomic E-state index is 0.0505. The molecule has 1 atom stereocenters. The summed E-state index contributed by atoms with van der Waals surface area (Å²) in [5.74, 6) is -3.30. The van der Waals surface area contributed by atoms with Crippen LogP contribution in [-0.4, -0.2) is 25.4 Å². The Labute approximate surface area is 231 Å². The van der Waals surface area contributed by atoms with Crippen molar-refractivity contribution < 1.29 is 49.4 Å². The summed E-state index contributed by atoms with van der Waals surface area (Å²) in [6.45, 7) is 1.16. The molecule has 0 radical (unpaired) electrons. The lowest BCUT2D eigenvalue weighted by Crippen LogP contribution is -2.23. The van der Waals surface area contributed by atoms with Gasteiger partial charge in [0, 0.05) is 24.2 Å². The van der Waals surface area contributed by atoms with E-state index in [1.165, 1.54) is 13.2 Å². The third-order valence-corrected chi connectivity index (χ3v) is 6.52. The van der Waals surface area contributed by atoms with Crippen LogP contribution in [0.4, 0.5) is 39.5 Å². The molecule has 0 aliphatic heterocycles. The van der Waals surface area contributed by atoms with Gasteiger partial charge in [0.2, 0.25) is 0 Å². The third kappa shape index (κ3) is 7.73. The molecule has 0 aliphatic carbocycles. The van der Waals surface area contributed by atoms with Crippen molar-refractivity contribution in [2.75, 3.05) is 20.3 Å². The standard InChI is InChI=1S/C29H28F9NO2/c1-16(2)17-4-7-26(41-3)24(11-17)23-6-5-20(27(31,32)15-30)10-19(23)13-39-14-25(40)18-8-21(28(33,34)35)12-22(9-18)29(36,37)38/h4-12,16,25,39-40H,13-15H2,1-3H3. The molecule has 0 aliphatic rings. The van der Waals surface area contributed by atoms with Gasteiger partial charge in [0.25, 0.3) is 0 Å². The summed E-state index contributed by atoms with van der Waals surface area (Å²) in [6.07, 6.45) is -12.0. The average molecular weight is 594 g/mol. The van der Waals surface area contributed by atoms with Crippen molar-refractivity contribution in [3.63, 3.8) is 0 Å². The summed E-state index contributed by atoms with van der Waals surface area (Å²) in [5.41, 5.74) is -2.37. The van der Waals surface area contributed by atoms with Gasteiger partial charge in [-0.2, -0.15) is 35.1 Å². The molecule has 3 rings (SSSR count). The molecule has 224 valence electrons. The normalized spacial score (nSPS) is 13.5. The van der Waals surface area contributed by atoms with Crippen molar-refractivity contribution in [3.05, 3.63) is 88.0 Å². The minimum Gasteiger partial charge on any atom is -0.496 e. The molecule has 12 heteroatoms. The predicted octanol–water partition coefficient (Wildman–Crippen LogP) is 8.41. The number of methoxy groups -OCH3 is 1. The Bertz CT molecular complexity index is 1320. The van der Waals surface area contributed by atoms with Crippen molar-refractivity contribution in [1.82, 2.24) is 5.32 Å². The molecule has 0 spiro atoms. The number of ether oxygens (including phenoxy) is 1. The highest BCUT2D eigenvalue weighted by atomic mass is 19.4. The first-order chi connectivity index (χ1) is 19.0. The monoisotopic (exact) mass is 593 g/mol. The zero-order valence-electron chi connectivity index (χ0n) is 22.2. The lowest BCUT2D eigenvalue weighted by atomic mass is 9.92. The van der Waals surface area contributed by atoms with Crippen LogP contribution in [-0.2, 0) is 24.8 Å². The van der Waals surface area contributed by atoms with Crippen molar-refractivity contribution in [1.29, 1.82) is 0 Å². The topological polar surface area (TPSA) is 41.5 Å². The maximum absolute atomic E-state index is 14.2. The molecule has 0 fully saturated rings. The van der Waals surface area contributed by atoms with Crippen LogP contribution in [0, 0.1) is 0 Å². The van der Waals surface area contributed by atoms with Crippen molar-refractivity contribution >= 4 is 0 Å². The van der Waals surface area contributed by atoms with Gasteiger partial charge in [0.15, 0.2) is 6.67 Å². The summed E-state index contributed by atoms with van der Waals surface area (Å²) < 4.78 is 126. The highest BCUT2D eigenvalue weighted by Gasteiger charge is 2.37. The number of alkyl halides is 9. The Balaban J connectivity index is 1.98. The van der Waals surface area contributed by atoms with Crippen molar-refractivity contribution in [2.24, 2.45) is 0 Å². The number of halogens is 9. The van der Waals surface area contributed by atoms with E-state index in [4.69, 9.17) is 4.74 Å². The number of hydrogen-bond donors (Lipinski definition) is 2. The van der Waals surface area contributed by atoms with Crippen LogP contribution < -0.4 is 10.1 Å². The van der Waals surface area contributed by atoms with Gasteiger partial charge in [-0.15, -0.1) is 0 Å². The molecule has 41 heavy (non-hydrogen) atoms. The molecular formula is C29H28F9NO2. The largest absolute Gasteiger partial charge is 0.496 e. The van der Waals surface area contributed by atoms with E-state index in [0.717, 1.165) is 17.7 Å². The van der Waals surface area contributed by atoms with E-state index in [2.05, 4.69) is 5.32 Å². The van der Waals surface area contributed by atoms with Crippen LogP contribution in [0.2, 0.25) is 0 Å². The van der Waals surface area contributed by atoms with Gasteiger partial charge >= 0.3 is 18.3 Å². The van der Waals surface area contributed by atoms with E-state index in [-0.39, 0.29) is 24.1 Å². The highest BCUT2D eigenvalue weighted by molar-refractivity contribution is 5.75. The van der Waals surface area contributed by atoms with E-state index in [1.807, 2.05) is 19.9 Å². The third-order valence-electron chi connectivity index (χ3n) is 6.52. The fraction of sp³-hybridized carbons (Fsp3) is 0.379. The first kappa shape index (κ1) is 32.3. The Morgan fingerprint density at radius 2 is 1.37 bits per heavy atom. The minimum atomic E-state index is -5.09. The Morgan fingerprint density at radius 3 is 1.88 bits per heavy atom. The maximum Gasteiger partial charge on any atom is 0.416 e. The number of aliphatic hydroxyl groups excluding tert-OH is 1. The highest BCUT2D eigenvalue weighted by Crippen LogP contribution is 2.39. The zero-order valence-corrected chi connectivity index (χ0v) is 22.2.